The summed E-state index contributed by atoms with van der Waals surface area (Å²) in [5.74, 6) is 1.45. The second-order valence-corrected chi connectivity index (χ2v) is 6.74. The van der Waals surface area contributed by atoms with Crippen LogP contribution in [0, 0.1) is 0 Å². The Morgan fingerprint density at radius 1 is 1.22 bits per heavy atom. The van der Waals surface area contributed by atoms with Gasteiger partial charge in [-0.05, 0) is 25.0 Å². The van der Waals surface area contributed by atoms with Gasteiger partial charge in [-0.3, -0.25) is 13.9 Å². The van der Waals surface area contributed by atoms with Crippen LogP contribution in [0.5, 0.6) is 5.75 Å². The Morgan fingerprint density at radius 3 is 2.78 bits per heavy atom. The monoisotopic (exact) mass is 369 g/mol. The Balaban J connectivity index is 1.97. The molecule has 3 heterocycles. The molecule has 8 heteroatoms. The van der Waals surface area contributed by atoms with Crippen LogP contribution in [0.1, 0.15) is 19.8 Å². The molecule has 8 nitrogen and oxygen atoms in total. The highest BCUT2D eigenvalue weighted by Crippen LogP contribution is 2.32. The first kappa shape index (κ1) is 17.4. The molecule has 0 radical (unpaired) electrons. The van der Waals surface area contributed by atoms with Gasteiger partial charge in [0.2, 0.25) is 5.95 Å². The van der Waals surface area contributed by atoms with E-state index < -0.39 is 0 Å². The van der Waals surface area contributed by atoms with Crippen molar-refractivity contribution in [3.05, 3.63) is 45.1 Å². The number of fused-ring (bicyclic) bond motifs is 3. The number of aryl methyl sites for hydroxylation is 2. The lowest BCUT2D eigenvalue weighted by atomic mass is 10.2. The van der Waals surface area contributed by atoms with Gasteiger partial charge in [-0.1, -0.05) is 13.0 Å². The first-order chi connectivity index (χ1) is 13.1. The molecule has 0 N–H and O–H groups in total. The third-order valence-electron chi connectivity index (χ3n) is 5.03. The van der Waals surface area contributed by atoms with Crippen molar-refractivity contribution in [3.8, 4) is 5.75 Å². The Morgan fingerprint density at radius 2 is 2.04 bits per heavy atom. The minimum Gasteiger partial charge on any atom is -0.497 e. The number of methoxy groups -OCH3 is 1. The summed E-state index contributed by atoms with van der Waals surface area (Å²) in [6, 6.07) is 7.76. The lowest BCUT2D eigenvalue weighted by Crippen LogP contribution is -2.39. The zero-order valence-corrected chi connectivity index (χ0v) is 15.8. The molecule has 0 unspecified atom stereocenters. The Labute approximate surface area is 156 Å². The predicted octanol–water partition coefficient (Wildman–Crippen LogP) is 1.86. The maximum absolute atomic E-state index is 13.0. The van der Waals surface area contributed by atoms with E-state index in [1.54, 1.807) is 14.2 Å². The van der Waals surface area contributed by atoms with Gasteiger partial charge in [0.25, 0.3) is 5.56 Å². The first-order valence-electron chi connectivity index (χ1n) is 9.18. The predicted molar refractivity (Wildman–Crippen MR) is 104 cm³/mol. The van der Waals surface area contributed by atoms with Crippen LogP contribution in [-0.4, -0.2) is 32.3 Å². The number of imidazole rings is 1. The van der Waals surface area contributed by atoms with Crippen molar-refractivity contribution < 1.29 is 4.74 Å². The molecule has 0 saturated heterocycles. The highest BCUT2D eigenvalue weighted by atomic mass is 16.5. The largest absolute Gasteiger partial charge is 0.497 e. The highest BCUT2D eigenvalue weighted by molar-refractivity contribution is 5.77. The third kappa shape index (κ3) is 2.63. The molecular formula is C19H23N5O3. The fourth-order valence-corrected chi connectivity index (χ4v) is 3.71. The Hall–Kier alpha value is -3.03. The van der Waals surface area contributed by atoms with Gasteiger partial charge >= 0.3 is 5.69 Å². The summed E-state index contributed by atoms with van der Waals surface area (Å²) in [6.45, 7) is 3.84. The summed E-state index contributed by atoms with van der Waals surface area (Å²) in [5, 5.41) is 0. The number of ether oxygens (including phenoxy) is 1. The van der Waals surface area contributed by atoms with Gasteiger partial charge in [-0.15, -0.1) is 0 Å². The summed E-state index contributed by atoms with van der Waals surface area (Å²) < 4.78 is 10.1. The van der Waals surface area contributed by atoms with Gasteiger partial charge in [0, 0.05) is 38.4 Å². The quantitative estimate of drug-likeness (QED) is 0.702. The summed E-state index contributed by atoms with van der Waals surface area (Å²) in [6.07, 6.45) is 1.60. The second kappa shape index (κ2) is 6.61. The van der Waals surface area contributed by atoms with E-state index >= 15 is 0 Å². The average Bonchev–Trinajstić information content (AvgIpc) is 3.09. The molecule has 0 fully saturated rings. The number of aromatic nitrogens is 4. The first-order valence-corrected chi connectivity index (χ1v) is 9.18. The molecular weight excluding hydrogens is 346 g/mol. The molecule has 142 valence electrons. The van der Waals surface area contributed by atoms with E-state index in [1.165, 1.54) is 9.13 Å². The Kier molecular flexibility index (Phi) is 4.25. The zero-order chi connectivity index (χ0) is 19.1. The average molecular weight is 369 g/mol. The molecule has 2 aromatic heterocycles. The van der Waals surface area contributed by atoms with E-state index in [9.17, 15) is 9.59 Å². The molecule has 0 saturated carbocycles. The molecule has 3 aromatic rings. The third-order valence-corrected chi connectivity index (χ3v) is 5.03. The standard InChI is InChI=1S/C19H23N5O3/c1-4-9-24-17(25)15-16(21(2)19(24)26)20-18-22(10-6-11-23(15)18)13-7-5-8-14(12-13)27-3/h5,7-8,12H,4,6,9-11H2,1-3H3. The van der Waals surface area contributed by atoms with Crippen molar-refractivity contribution >= 4 is 22.8 Å². The smallest absolute Gasteiger partial charge is 0.332 e. The fourth-order valence-electron chi connectivity index (χ4n) is 3.71. The van der Waals surface area contributed by atoms with Crippen LogP contribution in [0.3, 0.4) is 0 Å². The lowest BCUT2D eigenvalue weighted by Gasteiger charge is -2.29. The summed E-state index contributed by atoms with van der Waals surface area (Å²) in [5.41, 5.74) is 1.29. The number of nitrogens with zero attached hydrogens (tertiary/aromatic N) is 5. The minimum atomic E-state index is -0.322. The molecule has 0 bridgehead atoms. The molecule has 27 heavy (non-hydrogen) atoms. The van der Waals surface area contributed by atoms with E-state index in [0.717, 1.165) is 30.8 Å². The molecule has 0 spiro atoms. The van der Waals surface area contributed by atoms with Gasteiger partial charge < -0.3 is 14.2 Å². The van der Waals surface area contributed by atoms with E-state index in [1.807, 2.05) is 35.8 Å². The SMILES string of the molecule is CCCn1c(=O)c2c(nc3n2CCCN3c2cccc(OC)c2)n(C)c1=O. The van der Waals surface area contributed by atoms with E-state index in [0.29, 0.717) is 30.2 Å². The number of benzene rings is 1. The van der Waals surface area contributed by atoms with Crippen LogP contribution < -0.4 is 20.9 Å². The van der Waals surface area contributed by atoms with Gasteiger partial charge in [0.1, 0.15) is 5.75 Å². The molecule has 1 aromatic carbocycles. The van der Waals surface area contributed by atoms with Gasteiger partial charge in [-0.2, -0.15) is 4.98 Å². The van der Waals surface area contributed by atoms with E-state index in [4.69, 9.17) is 4.74 Å². The highest BCUT2D eigenvalue weighted by Gasteiger charge is 2.26. The number of rotatable bonds is 4. The second-order valence-electron chi connectivity index (χ2n) is 6.74. The van der Waals surface area contributed by atoms with Crippen LogP contribution in [0.25, 0.3) is 11.2 Å². The fraction of sp³-hybridized carbons (Fsp3) is 0.421. The topological polar surface area (TPSA) is 74.3 Å². The number of hydrogen-bond acceptors (Lipinski definition) is 5. The number of hydrogen-bond donors (Lipinski definition) is 0. The van der Waals surface area contributed by atoms with E-state index in [-0.39, 0.29) is 11.2 Å². The van der Waals surface area contributed by atoms with Crippen molar-refractivity contribution in [2.75, 3.05) is 18.6 Å². The van der Waals surface area contributed by atoms with Crippen molar-refractivity contribution in [3.63, 3.8) is 0 Å². The van der Waals surface area contributed by atoms with Crippen molar-refractivity contribution in [2.24, 2.45) is 7.05 Å². The summed E-state index contributed by atoms with van der Waals surface area (Å²) in [4.78, 5) is 32.4. The lowest BCUT2D eigenvalue weighted by molar-refractivity contribution is 0.415. The molecule has 4 rings (SSSR count). The van der Waals surface area contributed by atoms with Crippen LogP contribution in [-0.2, 0) is 20.1 Å². The molecule has 1 aliphatic rings. The van der Waals surface area contributed by atoms with Gasteiger partial charge in [0.15, 0.2) is 11.2 Å². The molecule has 0 aliphatic carbocycles. The van der Waals surface area contributed by atoms with Crippen molar-refractivity contribution in [1.82, 2.24) is 18.7 Å². The Bertz CT molecular complexity index is 1120. The van der Waals surface area contributed by atoms with Crippen molar-refractivity contribution in [1.29, 1.82) is 0 Å². The minimum absolute atomic E-state index is 0.263. The maximum Gasteiger partial charge on any atom is 0.332 e. The summed E-state index contributed by atoms with van der Waals surface area (Å²) >= 11 is 0. The zero-order valence-electron chi connectivity index (χ0n) is 15.8. The molecule has 1 aliphatic heterocycles. The van der Waals surface area contributed by atoms with E-state index in [2.05, 4.69) is 9.88 Å². The normalized spacial score (nSPS) is 13.8. The van der Waals surface area contributed by atoms with Crippen molar-refractivity contribution in [2.45, 2.75) is 32.9 Å². The number of anilines is 2. The van der Waals surface area contributed by atoms with Gasteiger partial charge in [0.05, 0.1) is 7.11 Å². The molecule has 0 atom stereocenters. The molecule has 0 amide bonds. The maximum atomic E-state index is 13.0. The van der Waals surface area contributed by atoms with Crippen LogP contribution in [0.15, 0.2) is 33.9 Å². The van der Waals surface area contributed by atoms with Crippen LogP contribution >= 0.6 is 0 Å². The summed E-state index contributed by atoms with van der Waals surface area (Å²) in [7, 11) is 3.31. The van der Waals surface area contributed by atoms with Crippen LogP contribution in [0.4, 0.5) is 11.6 Å². The van der Waals surface area contributed by atoms with Crippen LogP contribution in [0.2, 0.25) is 0 Å². The van der Waals surface area contributed by atoms with Gasteiger partial charge in [-0.25, -0.2) is 4.79 Å².